The molecule has 2 atom stereocenters. The van der Waals surface area contributed by atoms with E-state index in [1.54, 1.807) is 11.3 Å². The van der Waals surface area contributed by atoms with Gasteiger partial charge in [0.2, 0.25) is 5.91 Å². The van der Waals surface area contributed by atoms with Gasteiger partial charge in [0.15, 0.2) is 0 Å². The Balaban J connectivity index is 2.04. The molecule has 0 bridgehead atoms. The van der Waals surface area contributed by atoms with Gasteiger partial charge >= 0.3 is 0 Å². The summed E-state index contributed by atoms with van der Waals surface area (Å²) in [5, 5.41) is 3.06. The van der Waals surface area contributed by atoms with Crippen molar-refractivity contribution in [1.82, 2.24) is 5.32 Å². The van der Waals surface area contributed by atoms with Gasteiger partial charge in [-0.05, 0) is 50.6 Å². The standard InChI is InChI=1S/C16H20N2OS/c1-10-7-8-15(20-10)12(3)18-16(19)11(2)13-5-4-6-14(17)9-13/h4-9,11-12H,17H2,1-3H3,(H,18,19). The van der Waals surface area contributed by atoms with Crippen molar-refractivity contribution < 1.29 is 4.79 Å². The zero-order chi connectivity index (χ0) is 14.7. The summed E-state index contributed by atoms with van der Waals surface area (Å²) in [7, 11) is 0. The molecule has 0 spiro atoms. The van der Waals surface area contributed by atoms with E-state index in [1.165, 1.54) is 9.75 Å². The molecular formula is C16H20N2OS. The molecule has 0 aliphatic carbocycles. The van der Waals surface area contributed by atoms with Crippen molar-refractivity contribution in [3.63, 3.8) is 0 Å². The molecule has 0 fully saturated rings. The minimum atomic E-state index is -0.206. The SMILES string of the molecule is Cc1ccc(C(C)NC(=O)C(C)c2cccc(N)c2)s1. The second-order valence-electron chi connectivity index (χ2n) is 5.07. The van der Waals surface area contributed by atoms with Crippen molar-refractivity contribution in [2.24, 2.45) is 0 Å². The lowest BCUT2D eigenvalue weighted by Gasteiger charge is -2.17. The van der Waals surface area contributed by atoms with E-state index in [-0.39, 0.29) is 17.9 Å². The highest BCUT2D eigenvalue weighted by atomic mass is 32.1. The summed E-state index contributed by atoms with van der Waals surface area (Å²) >= 11 is 1.71. The number of nitrogens with one attached hydrogen (secondary N) is 1. The highest BCUT2D eigenvalue weighted by Gasteiger charge is 2.18. The quantitative estimate of drug-likeness (QED) is 0.844. The highest BCUT2D eigenvalue weighted by molar-refractivity contribution is 7.12. The number of aryl methyl sites for hydroxylation is 1. The van der Waals surface area contributed by atoms with E-state index in [0.717, 1.165) is 5.56 Å². The Morgan fingerprint density at radius 2 is 2.00 bits per heavy atom. The Kier molecular flexibility index (Phi) is 4.45. The molecular weight excluding hydrogens is 268 g/mol. The van der Waals surface area contributed by atoms with Gasteiger partial charge in [0, 0.05) is 15.4 Å². The first-order valence-electron chi connectivity index (χ1n) is 6.69. The van der Waals surface area contributed by atoms with E-state index >= 15 is 0 Å². The molecule has 0 radical (unpaired) electrons. The van der Waals surface area contributed by atoms with Crippen LogP contribution >= 0.6 is 11.3 Å². The second kappa shape index (κ2) is 6.09. The fourth-order valence-electron chi connectivity index (χ4n) is 2.08. The summed E-state index contributed by atoms with van der Waals surface area (Å²) in [5.41, 5.74) is 7.39. The van der Waals surface area contributed by atoms with Gasteiger partial charge in [-0.2, -0.15) is 0 Å². The Labute approximate surface area is 123 Å². The lowest BCUT2D eigenvalue weighted by atomic mass is 9.99. The number of nitrogens with two attached hydrogens (primary N) is 1. The van der Waals surface area contributed by atoms with E-state index in [4.69, 9.17) is 5.73 Å². The molecule has 106 valence electrons. The highest BCUT2D eigenvalue weighted by Crippen LogP contribution is 2.24. The number of carbonyl (C=O) groups is 1. The molecule has 2 rings (SSSR count). The number of thiophene rings is 1. The van der Waals surface area contributed by atoms with Crippen LogP contribution in [0.25, 0.3) is 0 Å². The molecule has 20 heavy (non-hydrogen) atoms. The van der Waals surface area contributed by atoms with E-state index in [2.05, 4.69) is 24.4 Å². The summed E-state index contributed by atoms with van der Waals surface area (Å²) in [6, 6.07) is 11.7. The predicted octanol–water partition coefficient (Wildman–Crippen LogP) is 3.62. The van der Waals surface area contributed by atoms with Crippen molar-refractivity contribution in [1.29, 1.82) is 0 Å². The first-order valence-corrected chi connectivity index (χ1v) is 7.51. The number of rotatable bonds is 4. The van der Waals surface area contributed by atoms with Gasteiger partial charge in [0.25, 0.3) is 0 Å². The minimum Gasteiger partial charge on any atom is -0.399 e. The summed E-state index contributed by atoms with van der Waals surface area (Å²) < 4.78 is 0. The van der Waals surface area contributed by atoms with Crippen molar-refractivity contribution >= 4 is 22.9 Å². The van der Waals surface area contributed by atoms with Crippen LogP contribution < -0.4 is 11.1 Å². The zero-order valence-corrected chi connectivity index (χ0v) is 12.8. The normalized spacial score (nSPS) is 13.8. The van der Waals surface area contributed by atoms with Gasteiger partial charge in [0.05, 0.1) is 12.0 Å². The lowest BCUT2D eigenvalue weighted by Crippen LogP contribution is -2.30. The second-order valence-corrected chi connectivity index (χ2v) is 6.39. The number of carbonyl (C=O) groups excluding carboxylic acids is 1. The van der Waals surface area contributed by atoms with Gasteiger partial charge in [-0.25, -0.2) is 0 Å². The summed E-state index contributed by atoms with van der Waals surface area (Å²) in [4.78, 5) is 14.7. The molecule has 3 N–H and O–H groups in total. The lowest BCUT2D eigenvalue weighted by molar-refractivity contribution is -0.122. The first kappa shape index (κ1) is 14.6. The van der Waals surface area contributed by atoms with Gasteiger partial charge in [-0.3, -0.25) is 4.79 Å². The number of benzene rings is 1. The molecule has 0 aliphatic heterocycles. The molecule has 2 unspecified atom stereocenters. The third kappa shape index (κ3) is 3.39. The Bertz CT molecular complexity index is 606. The van der Waals surface area contributed by atoms with Crippen LogP contribution in [0.4, 0.5) is 5.69 Å². The number of anilines is 1. The molecule has 3 nitrogen and oxygen atoms in total. The number of hydrogen-bond donors (Lipinski definition) is 2. The third-order valence-corrected chi connectivity index (χ3v) is 4.53. The van der Waals surface area contributed by atoms with Gasteiger partial charge < -0.3 is 11.1 Å². The van der Waals surface area contributed by atoms with E-state index in [1.807, 2.05) is 38.1 Å². The van der Waals surface area contributed by atoms with Crippen molar-refractivity contribution in [2.45, 2.75) is 32.7 Å². The molecule has 1 amide bonds. The molecule has 4 heteroatoms. The van der Waals surface area contributed by atoms with E-state index in [9.17, 15) is 4.79 Å². The molecule has 1 aromatic heterocycles. The van der Waals surface area contributed by atoms with Crippen molar-refractivity contribution in [3.8, 4) is 0 Å². The van der Waals surface area contributed by atoms with Crippen LogP contribution in [0.1, 0.15) is 41.1 Å². The summed E-state index contributed by atoms with van der Waals surface area (Å²) in [6.45, 7) is 5.98. The smallest absolute Gasteiger partial charge is 0.227 e. The fourth-order valence-corrected chi connectivity index (χ4v) is 2.96. The average Bonchev–Trinajstić information content (AvgIpc) is 2.84. The van der Waals surface area contributed by atoms with Gasteiger partial charge in [-0.15, -0.1) is 11.3 Å². The Hall–Kier alpha value is -1.81. The number of hydrogen-bond acceptors (Lipinski definition) is 3. The molecule has 0 aliphatic rings. The zero-order valence-electron chi connectivity index (χ0n) is 12.0. The van der Waals surface area contributed by atoms with Gasteiger partial charge in [0.1, 0.15) is 0 Å². The van der Waals surface area contributed by atoms with E-state index in [0.29, 0.717) is 5.69 Å². The number of amides is 1. The van der Waals surface area contributed by atoms with Crippen LogP contribution in [-0.2, 0) is 4.79 Å². The molecule has 0 saturated carbocycles. The largest absolute Gasteiger partial charge is 0.399 e. The molecule has 0 saturated heterocycles. The number of nitrogen functional groups attached to an aromatic ring is 1. The average molecular weight is 288 g/mol. The summed E-state index contributed by atoms with van der Waals surface area (Å²) in [6.07, 6.45) is 0. The van der Waals surface area contributed by atoms with Crippen LogP contribution in [0.2, 0.25) is 0 Å². The maximum Gasteiger partial charge on any atom is 0.227 e. The topological polar surface area (TPSA) is 55.1 Å². The van der Waals surface area contributed by atoms with Crippen LogP contribution in [0.5, 0.6) is 0 Å². The summed E-state index contributed by atoms with van der Waals surface area (Å²) in [5.74, 6) is -0.184. The fraction of sp³-hybridized carbons (Fsp3) is 0.312. The third-order valence-electron chi connectivity index (χ3n) is 3.35. The van der Waals surface area contributed by atoms with Gasteiger partial charge in [-0.1, -0.05) is 12.1 Å². The van der Waals surface area contributed by atoms with Crippen LogP contribution in [0, 0.1) is 6.92 Å². The molecule has 2 aromatic rings. The van der Waals surface area contributed by atoms with Crippen molar-refractivity contribution in [3.05, 3.63) is 51.7 Å². The molecule has 1 heterocycles. The Morgan fingerprint density at radius 1 is 1.25 bits per heavy atom. The maximum absolute atomic E-state index is 12.3. The van der Waals surface area contributed by atoms with Crippen LogP contribution in [0.15, 0.2) is 36.4 Å². The van der Waals surface area contributed by atoms with Crippen molar-refractivity contribution in [2.75, 3.05) is 5.73 Å². The van der Waals surface area contributed by atoms with E-state index < -0.39 is 0 Å². The minimum absolute atomic E-state index is 0.0224. The predicted molar refractivity (Wildman–Crippen MR) is 84.9 cm³/mol. The Morgan fingerprint density at radius 3 is 2.60 bits per heavy atom. The molecule has 1 aromatic carbocycles. The maximum atomic E-state index is 12.3. The first-order chi connectivity index (χ1) is 9.47. The van der Waals surface area contributed by atoms with Crippen LogP contribution in [0.3, 0.4) is 0 Å². The van der Waals surface area contributed by atoms with Crippen LogP contribution in [-0.4, -0.2) is 5.91 Å². The monoisotopic (exact) mass is 288 g/mol.